The van der Waals surface area contributed by atoms with Crippen LogP contribution in [0, 0.1) is 0 Å². The molecule has 4 nitrogen and oxygen atoms in total. The van der Waals surface area contributed by atoms with Crippen molar-refractivity contribution >= 4 is 16.9 Å². The first-order chi connectivity index (χ1) is 18.2. The summed E-state index contributed by atoms with van der Waals surface area (Å²) < 4.78 is 0. The third kappa shape index (κ3) is 3.25. The molecule has 0 N–H and O–H groups in total. The van der Waals surface area contributed by atoms with Crippen molar-refractivity contribution in [1.29, 1.82) is 0 Å². The maximum atomic E-state index is 15.2. The highest BCUT2D eigenvalue weighted by atomic mass is 16.2. The van der Waals surface area contributed by atoms with Crippen molar-refractivity contribution < 1.29 is 4.79 Å². The van der Waals surface area contributed by atoms with Gasteiger partial charge in [-0.15, -0.1) is 0 Å². The highest BCUT2D eigenvalue weighted by Gasteiger charge is 2.72. The van der Waals surface area contributed by atoms with Crippen LogP contribution in [0.5, 0.6) is 0 Å². The molecule has 0 saturated heterocycles. The van der Waals surface area contributed by atoms with E-state index < -0.39 is 11.1 Å². The van der Waals surface area contributed by atoms with Crippen molar-refractivity contribution in [3.63, 3.8) is 0 Å². The number of nitrogens with zero attached hydrogens (tertiary/aromatic N) is 3. The van der Waals surface area contributed by atoms with E-state index in [-0.39, 0.29) is 5.78 Å². The Labute approximate surface area is 218 Å². The van der Waals surface area contributed by atoms with Crippen molar-refractivity contribution in [2.75, 3.05) is 6.54 Å². The summed E-state index contributed by atoms with van der Waals surface area (Å²) in [6.45, 7) is 2.80. The summed E-state index contributed by atoms with van der Waals surface area (Å²) in [5, 5.41) is 11.9. The van der Waals surface area contributed by atoms with E-state index in [9.17, 15) is 0 Å². The summed E-state index contributed by atoms with van der Waals surface area (Å²) in [6, 6.07) is 40.6. The van der Waals surface area contributed by atoms with Gasteiger partial charge in [-0.2, -0.15) is 5.11 Å². The Hall–Kier alpha value is -4.31. The number of carbonyl (C=O) groups excluding carboxylic acids is 1. The molecular weight excluding hydrogens is 456 g/mol. The van der Waals surface area contributed by atoms with Crippen LogP contribution in [0.3, 0.4) is 0 Å². The first kappa shape index (κ1) is 23.1. The van der Waals surface area contributed by atoms with E-state index >= 15 is 4.79 Å². The van der Waals surface area contributed by atoms with Gasteiger partial charge in [0.1, 0.15) is 0 Å². The lowest BCUT2D eigenvalue weighted by atomic mass is 9.82. The number of ketones is 1. The fraction of sp³-hybridized carbons (Fsp3) is 0.182. The number of Topliss-reactive ketones (excluding diaryl/α,β-unsaturated/α-hetero) is 1. The highest BCUT2D eigenvalue weighted by Crippen LogP contribution is 2.66. The predicted octanol–water partition coefficient (Wildman–Crippen LogP) is 7.45. The second-order valence-corrected chi connectivity index (χ2v) is 9.63. The summed E-state index contributed by atoms with van der Waals surface area (Å²) in [4.78, 5) is 15.2. The minimum absolute atomic E-state index is 0.0358. The Kier molecular flexibility index (Phi) is 5.80. The Morgan fingerprint density at radius 2 is 1.19 bits per heavy atom. The van der Waals surface area contributed by atoms with Crippen molar-refractivity contribution in [1.82, 2.24) is 5.01 Å². The molecular formula is C33H29N3O. The fourth-order valence-corrected chi connectivity index (χ4v) is 6.05. The molecule has 0 amide bonds. The van der Waals surface area contributed by atoms with Crippen molar-refractivity contribution in [2.24, 2.45) is 10.3 Å². The van der Waals surface area contributed by atoms with Gasteiger partial charge in [-0.1, -0.05) is 140 Å². The first-order valence-corrected chi connectivity index (χ1v) is 13.0. The number of hydrogen-bond donors (Lipinski definition) is 0. The van der Waals surface area contributed by atoms with Crippen LogP contribution in [0.25, 0.3) is 11.1 Å². The molecule has 2 atom stereocenters. The van der Waals surface area contributed by atoms with Gasteiger partial charge in [-0.25, -0.2) is 0 Å². The van der Waals surface area contributed by atoms with Gasteiger partial charge < -0.3 is 0 Å². The highest BCUT2D eigenvalue weighted by molar-refractivity contribution is 6.37. The quantitative estimate of drug-likeness (QED) is 0.255. The van der Waals surface area contributed by atoms with Gasteiger partial charge in [0.25, 0.3) is 0 Å². The lowest BCUT2D eigenvalue weighted by Crippen LogP contribution is -2.56. The molecule has 1 aliphatic heterocycles. The van der Waals surface area contributed by atoms with E-state index in [1.54, 1.807) is 0 Å². The molecule has 6 rings (SSSR count). The SMILES string of the molecule is CCCCN1N=N[C@@]2(c3ccccc3)C(c3ccccc3)=[13C](c3ccccc3)C(=O)[13C@@]12c1ccccc1. The zero-order valence-corrected chi connectivity index (χ0v) is 20.9. The zero-order chi connectivity index (χ0) is 25.3. The number of hydrogen-bond acceptors (Lipinski definition) is 4. The standard InChI is InChI=1S/C33H29N3O/c1-2-3-24-36-33(28-22-14-7-15-23-28)31(37)29(25-16-8-4-9-17-25)30(26-18-10-5-11-19-26)32(33,34-35-36)27-20-12-6-13-21-27/h4-23H,2-3,24H2,1H3/t32-,33+/m0/s1/i29+1,33+1. The van der Waals surface area contributed by atoms with E-state index in [0.29, 0.717) is 12.1 Å². The van der Waals surface area contributed by atoms with Gasteiger partial charge in [-0.3, -0.25) is 9.80 Å². The molecule has 0 saturated carbocycles. The molecule has 182 valence electrons. The van der Waals surface area contributed by atoms with Gasteiger partial charge in [0, 0.05) is 17.7 Å². The molecule has 0 bridgehead atoms. The Bertz CT molecular complexity index is 1470. The third-order valence-electron chi connectivity index (χ3n) is 7.61. The number of carbonyl (C=O) groups is 1. The lowest BCUT2D eigenvalue weighted by molar-refractivity contribution is -0.126. The summed E-state index contributed by atoms with van der Waals surface area (Å²) in [5.41, 5.74) is 3.17. The minimum Gasteiger partial charge on any atom is -0.291 e. The van der Waals surface area contributed by atoms with Crippen molar-refractivity contribution in [3.8, 4) is 0 Å². The molecule has 0 aromatic heterocycles. The maximum absolute atomic E-state index is 15.2. The van der Waals surface area contributed by atoms with Crippen molar-refractivity contribution in [3.05, 3.63) is 144 Å². The fourth-order valence-electron chi connectivity index (χ4n) is 6.05. The smallest absolute Gasteiger partial charge is 0.198 e. The maximum Gasteiger partial charge on any atom is 0.198 e. The average Bonchev–Trinajstić information content (AvgIpc) is 3.43. The zero-order valence-electron chi connectivity index (χ0n) is 20.9. The van der Waals surface area contributed by atoms with E-state index in [1.807, 2.05) is 89.9 Å². The largest absolute Gasteiger partial charge is 0.291 e. The molecule has 0 unspecified atom stereocenters. The van der Waals surface area contributed by atoms with Crippen molar-refractivity contribution in [2.45, 2.75) is 30.8 Å². The predicted molar refractivity (Wildman–Crippen MR) is 147 cm³/mol. The normalized spacial score (nSPS) is 22.5. The second kappa shape index (κ2) is 9.29. The first-order valence-electron chi connectivity index (χ1n) is 13.0. The second-order valence-electron chi connectivity index (χ2n) is 9.63. The number of unbranched alkanes of at least 4 members (excludes halogenated alkanes) is 1. The lowest BCUT2D eigenvalue weighted by Gasteiger charge is -2.43. The number of benzene rings is 4. The topological polar surface area (TPSA) is 45.0 Å². The van der Waals surface area contributed by atoms with Gasteiger partial charge in [0.05, 0.1) is 0 Å². The van der Waals surface area contributed by atoms with E-state index in [4.69, 9.17) is 10.3 Å². The number of fused-ring (bicyclic) bond motifs is 1. The van der Waals surface area contributed by atoms with Crippen LogP contribution in [0.15, 0.2) is 132 Å². The van der Waals surface area contributed by atoms with Gasteiger partial charge in [0.15, 0.2) is 16.9 Å². The van der Waals surface area contributed by atoms with Crippen LogP contribution in [-0.4, -0.2) is 17.3 Å². The molecule has 4 aromatic rings. The number of rotatable bonds is 7. The molecule has 37 heavy (non-hydrogen) atoms. The minimum atomic E-state index is -1.14. The summed E-state index contributed by atoms with van der Waals surface area (Å²) in [7, 11) is 0. The summed E-state index contributed by atoms with van der Waals surface area (Å²) >= 11 is 0. The molecule has 0 fully saturated rings. The van der Waals surface area contributed by atoms with Crippen LogP contribution in [-0.2, 0) is 15.9 Å². The van der Waals surface area contributed by atoms with Crippen LogP contribution in [0.2, 0.25) is 0 Å². The van der Waals surface area contributed by atoms with Crippen LogP contribution >= 0.6 is 0 Å². The van der Waals surface area contributed by atoms with Crippen LogP contribution < -0.4 is 0 Å². The van der Waals surface area contributed by atoms with Crippen LogP contribution in [0.1, 0.15) is 42.0 Å². The van der Waals surface area contributed by atoms with Gasteiger partial charge >= 0.3 is 0 Å². The molecule has 4 heteroatoms. The monoisotopic (exact) mass is 485 g/mol. The van der Waals surface area contributed by atoms with Gasteiger partial charge in [-0.05, 0) is 28.7 Å². The van der Waals surface area contributed by atoms with Gasteiger partial charge in [0.2, 0.25) is 0 Å². The molecule has 4 aromatic carbocycles. The Morgan fingerprint density at radius 1 is 0.676 bits per heavy atom. The third-order valence-corrected chi connectivity index (χ3v) is 7.61. The molecule has 1 aliphatic carbocycles. The van der Waals surface area contributed by atoms with Crippen LogP contribution in [0.4, 0.5) is 0 Å². The Morgan fingerprint density at radius 3 is 1.76 bits per heavy atom. The Balaban J connectivity index is 1.78. The molecule has 1 heterocycles. The summed E-state index contributed by atoms with van der Waals surface area (Å²) in [6.07, 6.45) is 1.90. The van der Waals surface area contributed by atoms with E-state index in [2.05, 4.69) is 43.3 Å². The van der Waals surface area contributed by atoms with E-state index in [1.165, 1.54) is 0 Å². The molecule has 2 aliphatic rings. The molecule has 0 spiro atoms. The van der Waals surface area contributed by atoms with E-state index in [0.717, 1.165) is 40.7 Å². The summed E-state index contributed by atoms with van der Waals surface area (Å²) in [5.74, 6) is 0.0358. The molecule has 0 radical (unpaired) electrons. The average molecular weight is 486 g/mol.